The molecule has 5 atom stereocenters. The number of alkyl halides is 2. The number of Topliss-reactive ketones (excluding diaryl/α,β-unsaturated/α-hetero) is 2. The lowest BCUT2D eigenvalue weighted by atomic mass is 9.90. The third-order valence-electron chi connectivity index (χ3n) is 11.4. The fourth-order valence-electron chi connectivity index (χ4n) is 7.83. The van der Waals surface area contributed by atoms with Crippen LogP contribution in [0.2, 0.25) is 0 Å². The maximum absolute atomic E-state index is 15.0. The molecule has 3 fully saturated rings. The summed E-state index contributed by atoms with van der Waals surface area (Å²) in [5.74, 6) is -6.78. The summed E-state index contributed by atoms with van der Waals surface area (Å²) in [6, 6.07) is 5.32. The molecule has 2 aliphatic heterocycles. The Morgan fingerprint density at radius 2 is 1.80 bits per heavy atom. The van der Waals surface area contributed by atoms with E-state index in [0.29, 0.717) is 55.9 Å². The van der Waals surface area contributed by atoms with E-state index in [9.17, 15) is 36.4 Å². The molecule has 0 radical (unpaired) electrons. The van der Waals surface area contributed by atoms with E-state index in [1.54, 1.807) is 38.1 Å². The van der Waals surface area contributed by atoms with Crippen LogP contribution in [0.15, 0.2) is 40.9 Å². The minimum absolute atomic E-state index is 0.116. The summed E-state index contributed by atoms with van der Waals surface area (Å²) in [4.78, 5) is 66.3. The number of sulfonamides is 1. The first kappa shape index (κ1) is 38.7. The number of fused-ring (bicyclic) bond motifs is 3. The molecular formula is C39H45F2N5O8S. The average Bonchev–Trinajstić information content (AvgIpc) is 4.04. The number of carbonyl (C=O) groups is 4. The molecule has 2 aromatic heterocycles. The molecule has 1 N–H and O–H groups in total. The number of aromatic nitrogens is 3. The van der Waals surface area contributed by atoms with Crippen molar-refractivity contribution in [1.82, 2.24) is 24.7 Å². The quantitative estimate of drug-likeness (QED) is 0.209. The second kappa shape index (κ2) is 14.8. The van der Waals surface area contributed by atoms with Crippen molar-refractivity contribution in [2.75, 3.05) is 6.54 Å². The number of carbonyl (C=O) groups excluding carboxylic acids is 4. The van der Waals surface area contributed by atoms with Crippen LogP contribution in [0.5, 0.6) is 5.88 Å². The van der Waals surface area contributed by atoms with Crippen molar-refractivity contribution in [1.29, 1.82) is 0 Å². The van der Waals surface area contributed by atoms with E-state index in [1.807, 2.05) is 12.2 Å². The van der Waals surface area contributed by atoms with Crippen LogP contribution in [0, 0.1) is 31.1 Å². The van der Waals surface area contributed by atoms with Crippen LogP contribution in [-0.4, -0.2) is 75.8 Å². The van der Waals surface area contributed by atoms with E-state index < -0.39 is 85.5 Å². The Balaban J connectivity index is 1.22. The largest absolute Gasteiger partial charge is 0.471 e. The van der Waals surface area contributed by atoms with E-state index in [0.717, 1.165) is 12.8 Å². The van der Waals surface area contributed by atoms with Crippen LogP contribution in [0.4, 0.5) is 8.78 Å². The van der Waals surface area contributed by atoms with E-state index in [2.05, 4.69) is 19.8 Å². The van der Waals surface area contributed by atoms with Gasteiger partial charge in [-0.25, -0.2) is 18.4 Å². The van der Waals surface area contributed by atoms with Crippen molar-refractivity contribution in [3.05, 3.63) is 59.1 Å². The first-order valence-corrected chi connectivity index (χ1v) is 20.5. The van der Waals surface area contributed by atoms with Gasteiger partial charge in [-0.1, -0.05) is 42.3 Å². The standard InChI is InChI=1S/C39H45F2N5O8S/c1-22-23(2)54-44-33(22)31(47)17-24-11-7-5-4-6-8-12-25-19-39(25,37(50)45-55(51,52)27-15-16-27)20-32(48)30-18-26(21-46(30)36(24)49)53-35-34(38(3,40)41)42-28-13-9-10-14-29(28)43-35/h8-10,12-14,24-27,30H,4-7,11,15-21H2,1-3H3,(H,45,50)/b12-8-/t24-,25-,26-,30+,39-/m1/s1. The number of hydrogen-bond acceptors (Lipinski definition) is 11. The number of nitrogens with one attached hydrogen (secondary N) is 1. The zero-order valence-corrected chi connectivity index (χ0v) is 31.9. The van der Waals surface area contributed by atoms with Crippen LogP contribution in [0.1, 0.15) is 105 Å². The number of amides is 2. The van der Waals surface area contributed by atoms with Crippen molar-refractivity contribution < 1.29 is 45.6 Å². The number of aryl methyl sites for hydroxylation is 1. The van der Waals surface area contributed by atoms with Gasteiger partial charge in [0.2, 0.25) is 27.7 Å². The van der Waals surface area contributed by atoms with Gasteiger partial charge in [-0.3, -0.25) is 23.9 Å². The van der Waals surface area contributed by atoms with Crippen molar-refractivity contribution in [2.24, 2.45) is 17.3 Å². The highest BCUT2D eigenvalue weighted by atomic mass is 32.2. The van der Waals surface area contributed by atoms with Gasteiger partial charge in [-0.05, 0) is 70.4 Å². The van der Waals surface area contributed by atoms with Crippen LogP contribution in [0.3, 0.4) is 0 Å². The highest BCUT2D eigenvalue weighted by Crippen LogP contribution is 2.57. The lowest BCUT2D eigenvalue weighted by Gasteiger charge is -2.29. The zero-order chi connectivity index (χ0) is 39.3. The van der Waals surface area contributed by atoms with Gasteiger partial charge in [0.1, 0.15) is 11.9 Å². The summed E-state index contributed by atoms with van der Waals surface area (Å²) in [5.41, 5.74) is -0.808. The number of rotatable bonds is 9. The van der Waals surface area contributed by atoms with Gasteiger partial charge in [-0.15, -0.1) is 0 Å². The second-order valence-electron chi connectivity index (χ2n) is 15.6. The normalized spacial score (nSPS) is 27.1. The van der Waals surface area contributed by atoms with Crippen LogP contribution in [-0.2, 0) is 30.3 Å². The SMILES string of the molecule is Cc1onc(C(=O)C[C@H]2CCCCC/C=C\[C@@H]3C[C@@]3(C(=O)NS(=O)(=O)C3CC3)CC(=O)[C@@H]3C[C@@H](Oc4nc5ccccc5nc4C(C)(F)F)CN3C2=O)c1C. The number of allylic oxidation sites excluding steroid dienone is 2. The predicted molar refractivity (Wildman–Crippen MR) is 195 cm³/mol. The fourth-order valence-corrected chi connectivity index (χ4v) is 9.21. The van der Waals surface area contributed by atoms with Crippen LogP contribution in [0.25, 0.3) is 11.0 Å². The summed E-state index contributed by atoms with van der Waals surface area (Å²) in [7, 11) is -3.91. The van der Waals surface area contributed by atoms with Crippen molar-refractivity contribution >= 4 is 44.4 Å². The smallest absolute Gasteiger partial charge is 0.292 e. The molecule has 0 unspecified atom stereocenters. The molecule has 3 aromatic rings. The summed E-state index contributed by atoms with van der Waals surface area (Å²) in [6.45, 7) is 3.88. The Labute approximate surface area is 317 Å². The van der Waals surface area contributed by atoms with Gasteiger partial charge in [0, 0.05) is 37.7 Å². The Morgan fingerprint density at radius 1 is 1.07 bits per heavy atom. The minimum Gasteiger partial charge on any atom is -0.471 e. The highest BCUT2D eigenvalue weighted by molar-refractivity contribution is 7.90. The number of para-hydroxylation sites is 2. The summed E-state index contributed by atoms with van der Waals surface area (Å²) < 4.78 is 69.2. The fraction of sp³-hybridized carbons (Fsp3) is 0.564. The summed E-state index contributed by atoms with van der Waals surface area (Å²) in [6.07, 6.45) is 6.43. The molecule has 4 heterocycles. The molecule has 0 spiro atoms. The van der Waals surface area contributed by atoms with Gasteiger partial charge in [0.15, 0.2) is 23.0 Å². The molecule has 0 bridgehead atoms. The highest BCUT2D eigenvalue weighted by Gasteiger charge is 2.61. The van der Waals surface area contributed by atoms with Gasteiger partial charge in [0.25, 0.3) is 5.92 Å². The predicted octanol–water partition coefficient (Wildman–Crippen LogP) is 5.68. The number of benzene rings is 1. The average molecular weight is 782 g/mol. The topological polar surface area (TPSA) is 179 Å². The summed E-state index contributed by atoms with van der Waals surface area (Å²) >= 11 is 0. The molecule has 2 saturated carbocycles. The molecule has 4 aliphatic rings. The monoisotopic (exact) mass is 781 g/mol. The summed E-state index contributed by atoms with van der Waals surface area (Å²) in [5, 5.41) is 3.27. The molecule has 16 heteroatoms. The molecule has 13 nitrogen and oxygen atoms in total. The Hall–Kier alpha value is -4.60. The van der Waals surface area contributed by atoms with Gasteiger partial charge in [-0.2, -0.15) is 8.78 Å². The van der Waals surface area contributed by atoms with E-state index in [-0.39, 0.29) is 43.4 Å². The second-order valence-corrected chi connectivity index (χ2v) is 17.6. The van der Waals surface area contributed by atoms with Crippen molar-refractivity contribution in [3.8, 4) is 5.88 Å². The molecule has 7 rings (SSSR count). The van der Waals surface area contributed by atoms with E-state index in [4.69, 9.17) is 9.26 Å². The lowest BCUT2D eigenvalue weighted by molar-refractivity contribution is -0.142. The first-order chi connectivity index (χ1) is 26.1. The molecular weight excluding hydrogens is 737 g/mol. The number of hydrogen-bond donors (Lipinski definition) is 1. The van der Waals surface area contributed by atoms with Gasteiger partial charge in [0.05, 0.1) is 34.3 Å². The number of ketones is 2. The number of nitrogens with zero attached hydrogens (tertiary/aromatic N) is 4. The molecule has 1 saturated heterocycles. The molecule has 1 aromatic carbocycles. The molecule has 2 amide bonds. The first-order valence-electron chi connectivity index (χ1n) is 18.9. The van der Waals surface area contributed by atoms with Crippen LogP contribution >= 0.6 is 0 Å². The zero-order valence-electron chi connectivity index (χ0n) is 31.1. The lowest BCUT2D eigenvalue weighted by Crippen LogP contribution is -2.46. The van der Waals surface area contributed by atoms with Crippen LogP contribution < -0.4 is 9.46 Å². The van der Waals surface area contributed by atoms with E-state index in [1.165, 1.54) is 4.90 Å². The van der Waals surface area contributed by atoms with Gasteiger partial charge < -0.3 is 14.2 Å². The van der Waals surface area contributed by atoms with Gasteiger partial charge >= 0.3 is 0 Å². The third kappa shape index (κ3) is 8.05. The van der Waals surface area contributed by atoms with E-state index >= 15 is 0 Å². The minimum atomic E-state index is -3.91. The molecule has 294 valence electrons. The number of halogens is 2. The van der Waals surface area contributed by atoms with Crippen molar-refractivity contribution in [3.63, 3.8) is 0 Å². The molecule has 55 heavy (non-hydrogen) atoms. The Bertz CT molecular complexity index is 2160. The molecule has 2 aliphatic carbocycles. The van der Waals surface area contributed by atoms with Crippen molar-refractivity contribution in [2.45, 2.75) is 115 Å². The number of ether oxygens (including phenoxy) is 1. The Kier molecular flexibility index (Phi) is 10.4. The third-order valence-corrected chi connectivity index (χ3v) is 13.2. The Morgan fingerprint density at radius 3 is 2.47 bits per heavy atom. The maximum atomic E-state index is 15.0. The maximum Gasteiger partial charge on any atom is 0.292 e.